The number of pyridine rings is 1. The van der Waals surface area contributed by atoms with Crippen LogP contribution in [0.4, 0.5) is 0 Å². The highest BCUT2D eigenvalue weighted by Gasteiger charge is 2.20. The van der Waals surface area contributed by atoms with Crippen molar-refractivity contribution < 1.29 is 19.5 Å². The Bertz CT molecular complexity index is 461. The van der Waals surface area contributed by atoms with Gasteiger partial charge < -0.3 is 16.2 Å². The number of carbonyl (C=O) groups is 3. The Labute approximate surface area is 109 Å². The first-order valence-electron chi connectivity index (χ1n) is 5.69. The highest BCUT2D eigenvalue weighted by Crippen LogP contribution is 2.00. The maximum atomic E-state index is 11.6. The number of aromatic nitrogens is 1. The van der Waals surface area contributed by atoms with Gasteiger partial charge in [0.2, 0.25) is 11.8 Å². The first-order valence-corrected chi connectivity index (χ1v) is 5.69. The summed E-state index contributed by atoms with van der Waals surface area (Å²) in [6, 6.07) is 3.99. The van der Waals surface area contributed by atoms with Crippen molar-refractivity contribution in [2.24, 2.45) is 5.73 Å². The molecule has 7 nitrogen and oxygen atoms in total. The molecule has 0 saturated heterocycles. The van der Waals surface area contributed by atoms with E-state index in [1.165, 1.54) is 0 Å². The van der Waals surface area contributed by atoms with Crippen LogP contribution in [0.5, 0.6) is 0 Å². The van der Waals surface area contributed by atoms with E-state index in [4.69, 9.17) is 10.8 Å². The monoisotopic (exact) mass is 265 g/mol. The molecular formula is C12H15N3O4. The highest BCUT2D eigenvalue weighted by atomic mass is 16.4. The van der Waals surface area contributed by atoms with Gasteiger partial charge in [0.25, 0.3) is 0 Å². The van der Waals surface area contributed by atoms with Crippen LogP contribution in [0.25, 0.3) is 0 Å². The summed E-state index contributed by atoms with van der Waals surface area (Å²) in [5.41, 5.74) is 5.48. The summed E-state index contributed by atoms with van der Waals surface area (Å²) < 4.78 is 0. The maximum absolute atomic E-state index is 11.6. The average molecular weight is 265 g/mol. The Balaban J connectivity index is 2.52. The van der Waals surface area contributed by atoms with Crippen LogP contribution in [0.3, 0.4) is 0 Å². The standard InChI is InChI=1S/C12H15N3O4/c13-10(16)5-4-9(12(18)19)15-11(17)7-8-3-1-2-6-14-8/h1-3,6,9H,4-5,7H2,(H2,13,16)(H,15,17)(H,18,19)/t9-/m1/s1. The predicted molar refractivity (Wildman–Crippen MR) is 65.9 cm³/mol. The lowest BCUT2D eigenvalue weighted by Gasteiger charge is -2.13. The molecule has 7 heteroatoms. The van der Waals surface area contributed by atoms with Gasteiger partial charge >= 0.3 is 5.97 Å². The lowest BCUT2D eigenvalue weighted by Crippen LogP contribution is -2.42. The number of hydrogen-bond donors (Lipinski definition) is 3. The highest BCUT2D eigenvalue weighted by molar-refractivity contribution is 5.85. The summed E-state index contributed by atoms with van der Waals surface area (Å²) in [7, 11) is 0. The van der Waals surface area contributed by atoms with Crippen molar-refractivity contribution in [3.8, 4) is 0 Å². The Morgan fingerprint density at radius 3 is 2.63 bits per heavy atom. The zero-order valence-corrected chi connectivity index (χ0v) is 10.2. The fraction of sp³-hybridized carbons (Fsp3) is 0.333. The van der Waals surface area contributed by atoms with Crippen LogP contribution in [-0.4, -0.2) is 33.9 Å². The second-order valence-corrected chi connectivity index (χ2v) is 3.96. The first kappa shape index (κ1) is 14.6. The summed E-state index contributed by atoms with van der Waals surface area (Å²) >= 11 is 0. The molecule has 1 aromatic heterocycles. The third-order valence-electron chi connectivity index (χ3n) is 2.38. The molecule has 0 saturated carbocycles. The second kappa shape index (κ2) is 7.10. The summed E-state index contributed by atoms with van der Waals surface area (Å²) in [5.74, 6) is -2.27. The van der Waals surface area contributed by atoms with Crippen molar-refractivity contribution in [2.75, 3.05) is 0 Å². The topological polar surface area (TPSA) is 122 Å². The quantitative estimate of drug-likeness (QED) is 0.611. The minimum Gasteiger partial charge on any atom is -0.480 e. The number of rotatable bonds is 7. The van der Waals surface area contributed by atoms with Gasteiger partial charge in [-0.2, -0.15) is 0 Å². The van der Waals surface area contributed by atoms with Crippen LogP contribution in [0.2, 0.25) is 0 Å². The Hall–Kier alpha value is -2.44. The van der Waals surface area contributed by atoms with Crippen LogP contribution in [0.1, 0.15) is 18.5 Å². The number of carbonyl (C=O) groups excluding carboxylic acids is 2. The van der Waals surface area contributed by atoms with Crippen molar-refractivity contribution in [3.05, 3.63) is 30.1 Å². The number of aliphatic carboxylic acids is 1. The molecule has 0 fully saturated rings. The van der Waals surface area contributed by atoms with Gasteiger partial charge in [-0.3, -0.25) is 14.6 Å². The van der Waals surface area contributed by atoms with E-state index < -0.39 is 23.8 Å². The molecule has 0 aliphatic heterocycles. The zero-order valence-electron chi connectivity index (χ0n) is 10.2. The molecule has 0 unspecified atom stereocenters. The van der Waals surface area contributed by atoms with Gasteiger partial charge in [0.05, 0.1) is 6.42 Å². The smallest absolute Gasteiger partial charge is 0.326 e. The van der Waals surface area contributed by atoms with Crippen molar-refractivity contribution in [3.63, 3.8) is 0 Å². The van der Waals surface area contributed by atoms with Crippen LogP contribution in [0.15, 0.2) is 24.4 Å². The lowest BCUT2D eigenvalue weighted by atomic mass is 10.1. The Kier molecular flexibility index (Phi) is 5.46. The third kappa shape index (κ3) is 5.62. The van der Waals surface area contributed by atoms with Crippen LogP contribution < -0.4 is 11.1 Å². The first-order chi connectivity index (χ1) is 8.99. The van der Waals surface area contributed by atoms with Crippen molar-refractivity contribution in [1.82, 2.24) is 10.3 Å². The number of nitrogens with two attached hydrogens (primary N) is 1. The average Bonchev–Trinajstić information content (AvgIpc) is 2.35. The Morgan fingerprint density at radius 1 is 1.37 bits per heavy atom. The number of carboxylic acids is 1. The molecule has 102 valence electrons. The van der Waals surface area contributed by atoms with E-state index in [1.54, 1.807) is 24.4 Å². The summed E-state index contributed by atoms with van der Waals surface area (Å²) in [6.07, 6.45) is 1.41. The molecular weight excluding hydrogens is 250 g/mol. The summed E-state index contributed by atoms with van der Waals surface area (Å²) in [4.78, 5) is 37.1. The molecule has 4 N–H and O–H groups in total. The lowest BCUT2D eigenvalue weighted by molar-refractivity contribution is -0.142. The van der Waals surface area contributed by atoms with Gasteiger partial charge in [-0.05, 0) is 18.6 Å². The van der Waals surface area contributed by atoms with Gasteiger partial charge in [0.15, 0.2) is 0 Å². The van der Waals surface area contributed by atoms with Crippen molar-refractivity contribution >= 4 is 17.8 Å². The number of primary amides is 1. The number of nitrogens with zero attached hydrogens (tertiary/aromatic N) is 1. The van der Waals surface area contributed by atoms with Gasteiger partial charge in [-0.1, -0.05) is 6.07 Å². The second-order valence-electron chi connectivity index (χ2n) is 3.96. The predicted octanol–water partition coefficient (Wildman–Crippen LogP) is -0.541. The van der Waals surface area contributed by atoms with Gasteiger partial charge in [0, 0.05) is 18.3 Å². The number of amides is 2. The molecule has 1 heterocycles. The van der Waals surface area contributed by atoms with E-state index in [2.05, 4.69) is 10.3 Å². The van der Waals surface area contributed by atoms with Gasteiger partial charge in [-0.25, -0.2) is 4.79 Å². The van der Waals surface area contributed by atoms with Crippen LogP contribution in [0, 0.1) is 0 Å². The van der Waals surface area contributed by atoms with E-state index in [0.29, 0.717) is 5.69 Å². The number of carboxylic acid groups (broad SMARTS) is 1. The van der Waals surface area contributed by atoms with Gasteiger partial charge in [0.1, 0.15) is 6.04 Å². The van der Waals surface area contributed by atoms with E-state index in [1.807, 2.05) is 0 Å². The minimum absolute atomic E-state index is 0.0127. The van der Waals surface area contributed by atoms with Gasteiger partial charge in [-0.15, -0.1) is 0 Å². The fourth-order valence-electron chi connectivity index (χ4n) is 1.46. The fourth-order valence-corrected chi connectivity index (χ4v) is 1.46. The summed E-state index contributed by atoms with van der Waals surface area (Å²) in [5, 5.41) is 11.3. The van der Waals surface area contributed by atoms with Crippen molar-refractivity contribution in [2.45, 2.75) is 25.3 Å². The normalized spacial score (nSPS) is 11.6. The molecule has 19 heavy (non-hydrogen) atoms. The zero-order chi connectivity index (χ0) is 14.3. The molecule has 2 amide bonds. The minimum atomic E-state index is -1.20. The van der Waals surface area contributed by atoms with E-state index in [-0.39, 0.29) is 19.3 Å². The largest absolute Gasteiger partial charge is 0.480 e. The number of nitrogens with one attached hydrogen (secondary N) is 1. The molecule has 1 atom stereocenters. The van der Waals surface area contributed by atoms with E-state index >= 15 is 0 Å². The van der Waals surface area contributed by atoms with E-state index in [0.717, 1.165) is 0 Å². The molecule has 0 spiro atoms. The SMILES string of the molecule is NC(=O)CC[C@@H](NC(=O)Cc1ccccn1)C(=O)O. The molecule has 1 rings (SSSR count). The summed E-state index contributed by atoms with van der Waals surface area (Å²) in [6.45, 7) is 0. The Morgan fingerprint density at radius 2 is 2.11 bits per heavy atom. The molecule has 0 aliphatic carbocycles. The maximum Gasteiger partial charge on any atom is 0.326 e. The third-order valence-corrected chi connectivity index (χ3v) is 2.38. The molecule has 0 bridgehead atoms. The van der Waals surface area contributed by atoms with Crippen LogP contribution in [-0.2, 0) is 20.8 Å². The molecule has 0 radical (unpaired) electrons. The van der Waals surface area contributed by atoms with E-state index in [9.17, 15) is 14.4 Å². The van der Waals surface area contributed by atoms with Crippen molar-refractivity contribution in [1.29, 1.82) is 0 Å². The molecule has 1 aromatic rings. The number of hydrogen-bond acceptors (Lipinski definition) is 4. The molecule has 0 aromatic carbocycles. The van der Waals surface area contributed by atoms with Crippen LogP contribution >= 0.6 is 0 Å². The molecule has 0 aliphatic rings.